The number of halogens is 3. The number of oxazole rings is 3. The highest BCUT2D eigenvalue weighted by molar-refractivity contribution is 5.98. The Balaban J connectivity index is 0.000000120. The van der Waals surface area contributed by atoms with E-state index in [-0.39, 0.29) is 56.7 Å². The lowest BCUT2D eigenvalue weighted by atomic mass is 10.0. The lowest BCUT2D eigenvalue weighted by Crippen LogP contribution is -2.29. The van der Waals surface area contributed by atoms with Crippen LogP contribution in [0, 0.1) is 17.5 Å². The molecule has 2 aliphatic heterocycles. The number of rotatable bonds is 9. The first-order valence-corrected chi connectivity index (χ1v) is 26.5. The number of nitrogens with zero attached hydrogens (tertiary/aromatic N) is 10. The number of hydrogen-bond donors (Lipinski definition) is 3. The van der Waals surface area contributed by atoms with Crippen LogP contribution in [0.2, 0.25) is 0 Å². The minimum absolute atomic E-state index is 0.0143. The average Bonchev–Trinajstić information content (AvgIpc) is 2.31. The SMILES string of the molecule is O=C(O)c1cc(-n2ncc3ccccc32)ncc1-c1nc2ccc(F)cc2o1.O=C(O)c1cc(N2CCCc3ccccc32)ncc1-c1nc2ccccc2o1.O=C(O)c1cc(N2CCOc3ccc(F)cc32)ncc1-c1nc2ccc(F)cc2o1. The quantitative estimate of drug-likeness (QED) is 0.121. The predicted molar refractivity (Wildman–Crippen MR) is 308 cm³/mol. The van der Waals surface area contributed by atoms with Crippen LogP contribution in [0.1, 0.15) is 43.1 Å². The van der Waals surface area contributed by atoms with Crippen LogP contribution in [0.4, 0.5) is 36.2 Å². The van der Waals surface area contributed by atoms with Crippen LogP contribution in [-0.2, 0) is 6.42 Å². The third-order valence-corrected chi connectivity index (χ3v) is 14.2. The fourth-order valence-corrected chi connectivity index (χ4v) is 10.2. The van der Waals surface area contributed by atoms with Gasteiger partial charge in [-0.3, -0.25) is 0 Å². The zero-order valence-corrected chi connectivity index (χ0v) is 44.5. The van der Waals surface area contributed by atoms with Gasteiger partial charge in [0.2, 0.25) is 17.7 Å². The zero-order chi connectivity index (χ0) is 59.2. The number of aryl methyl sites for hydroxylation is 1. The van der Waals surface area contributed by atoms with Crippen LogP contribution >= 0.6 is 0 Å². The van der Waals surface area contributed by atoms with E-state index in [1.807, 2.05) is 60.7 Å². The molecular weight excluding hydrogens is 1110 g/mol. The van der Waals surface area contributed by atoms with Gasteiger partial charge in [-0.2, -0.15) is 5.10 Å². The van der Waals surface area contributed by atoms with Crippen LogP contribution < -0.4 is 14.5 Å². The molecule has 0 bridgehead atoms. The fourth-order valence-electron chi connectivity index (χ4n) is 10.2. The van der Waals surface area contributed by atoms with E-state index in [1.54, 1.807) is 34.1 Å². The molecule has 0 fully saturated rings. The Hall–Kier alpha value is -11.8. The summed E-state index contributed by atoms with van der Waals surface area (Å²) < 4.78 is 64.5. The number of carboxylic acids is 3. The molecule has 2 aliphatic rings. The molecule has 424 valence electrons. The average molecular weight is 1160 g/mol. The predicted octanol–water partition coefficient (Wildman–Crippen LogP) is 13.1. The minimum Gasteiger partial charge on any atom is -0.490 e. The Morgan fingerprint density at radius 1 is 0.477 bits per heavy atom. The van der Waals surface area contributed by atoms with Gasteiger partial charge in [-0.05, 0) is 97.3 Å². The second-order valence-corrected chi connectivity index (χ2v) is 19.5. The van der Waals surface area contributed by atoms with Crippen molar-refractivity contribution in [1.82, 2.24) is 39.7 Å². The standard InChI is InChI=1S/C22H17N3O3.C21H13F2N3O4.C20H11FN4O3/c26-22(27)15-12-20(25-11-5-7-14-6-1-3-9-18(14)25)23-13-16(15)21-24-17-8-2-4-10-19(17)28-21;22-11-2-4-17-16(7-11)26(5-6-29-17)19-9-13(21(27)28)14(10-24-19)20-25-15-3-1-12(23)8-18(15)30-20;21-12-5-6-15-17(7-12)28-19(24-15)14-10-22-18(8-13(14)20(26)27)25-16-4-2-1-3-11(16)9-23-25/h1-4,6,8-10,12-13H,5,7,11H2,(H,26,27);1-4,7-10H,5-6H2,(H,27,28);1-10H,(H,26,27). The van der Waals surface area contributed by atoms with E-state index in [0.717, 1.165) is 36.0 Å². The highest BCUT2D eigenvalue weighted by atomic mass is 19.1. The van der Waals surface area contributed by atoms with Gasteiger partial charge in [-0.15, -0.1) is 0 Å². The Kier molecular flexibility index (Phi) is 13.8. The molecule has 0 saturated carbocycles. The van der Waals surface area contributed by atoms with Crippen LogP contribution in [0.15, 0.2) is 184 Å². The van der Waals surface area contributed by atoms with Crippen LogP contribution in [-0.4, -0.2) is 92.6 Å². The Labute approximate surface area is 482 Å². The third kappa shape index (κ3) is 10.3. The summed E-state index contributed by atoms with van der Waals surface area (Å²) in [4.78, 5) is 65.7. The van der Waals surface area contributed by atoms with Crippen molar-refractivity contribution in [2.45, 2.75) is 12.8 Å². The molecule has 0 spiro atoms. The van der Waals surface area contributed by atoms with Gasteiger partial charge in [0.05, 0.1) is 57.3 Å². The van der Waals surface area contributed by atoms with E-state index in [1.165, 1.54) is 84.7 Å². The number of carboxylic acid groups (broad SMARTS) is 3. The van der Waals surface area contributed by atoms with E-state index < -0.39 is 35.4 Å². The summed E-state index contributed by atoms with van der Waals surface area (Å²) >= 11 is 0. The summed E-state index contributed by atoms with van der Waals surface area (Å²) in [6.07, 6.45) is 7.93. The van der Waals surface area contributed by atoms with Gasteiger partial charge in [0.25, 0.3) is 0 Å². The molecule has 9 heterocycles. The van der Waals surface area contributed by atoms with E-state index in [2.05, 4.69) is 46.0 Å². The molecule has 23 heteroatoms. The van der Waals surface area contributed by atoms with Gasteiger partial charge in [0.15, 0.2) is 22.6 Å². The van der Waals surface area contributed by atoms with Crippen molar-refractivity contribution in [3.05, 3.63) is 210 Å². The molecule has 15 rings (SSSR count). The monoisotopic (exact) mass is 1150 g/mol. The largest absolute Gasteiger partial charge is 0.490 e. The Morgan fingerprint density at radius 3 is 1.59 bits per heavy atom. The number of ether oxygens (including phenoxy) is 1. The molecule has 86 heavy (non-hydrogen) atoms. The molecule has 0 atom stereocenters. The molecule has 0 unspecified atom stereocenters. The van der Waals surface area contributed by atoms with Gasteiger partial charge in [-0.25, -0.2) is 62.1 Å². The van der Waals surface area contributed by atoms with Crippen molar-refractivity contribution in [2.75, 3.05) is 29.5 Å². The first-order valence-electron chi connectivity index (χ1n) is 26.5. The van der Waals surface area contributed by atoms with E-state index in [0.29, 0.717) is 69.7 Å². The molecule has 0 radical (unpaired) electrons. The van der Waals surface area contributed by atoms with E-state index in [4.69, 9.17) is 18.0 Å². The number of fused-ring (bicyclic) bond motifs is 6. The second kappa shape index (κ2) is 22.2. The molecular formula is C63H41F3N10O10. The number of aromatic nitrogens is 8. The molecule has 0 aliphatic carbocycles. The number of anilines is 4. The van der Waals surface area contributed by atoms with Gasteiger partial charge < -0.3 is 43.1 Å². The maximum Gasteiger partial charge on any atom is 0.336 e. The maximum atomic E-state index is 13.8. The normalized spacial score (nSPS) is 12.7. The molecule has 20 nitrogen and oxygen atoms in total. The van der Waals surface area contributed by atoms with Crippen molar-refractivity contribution < 1.29 is 60.9 Å². The first-order chi connectivity index (χ1) is 41.8. The van der Waals surface area contributed by atoms with E-state index in [9.17, 15) is 42.9 Å². The van der Waals surface area contributed by atoms with Crippen molar-refractivity contribution in [3.8, 4) is 45.9 Å². The lowest BCUT2D eigenvalue weighted by Gasteiger charge is -2.30. The summed E-state index contributed by atoms with van der Waals surface area (Å²) in [5.41, 5.74) is 6.82. The Morgan fingerprint density at radius 2 is 0.977 bits per heavy atom. The second-order valence-electron chi connectivity index (χ2n) is 19.5. The number of pyridine rings is 3. The number of para-hydroxylation sites is 4. The highest BCUT2D eigenvalue weighted by Gasteiger charge is 2.27. The summed E-state index contributed by atoms with van der Waals surface area (Å²) in [5, 5.41) is 34.4. The number of aromatic carboxylic acids is 3. The highest BCUT2D eigenvalue weighted by Crippen LogP contribution is 2.39. The van der Waals surface area contributed by atoms with Crippen molar-refractivity contribution in [1.29, 1.82) is 0 Å². The molecule has 3 N–H and O–H groups in total. The molecule has 0 saturated heterocycles. The summed E-state index contributed by atoms with van der Waals surface area (Å²) in [6, 6.07) is 39.3. The lowest BCUT2D eigenvalue weighted by molar-refractivity contribution is 0.0686. The van der Waals surface area contributed by atoms with Crippen molar-refractivity contribution >= 4 is 85.1 Å². The smallest absolute Gasteiger partial charge is 0.336 e. The van der Waals surface area contributed by atoms with E-state index >= 15 is 0 Å². The summed E-state index contributed by atoms with van der Waals surface area (Å²) in [5.74, 6) is -2.72. The van der Waals surface area contributed by atoms with Crippen molar-refractivity contribution in [3.63, 3.8) is 0 Å². The molecule has 7 aromatic heterocycles. The number of benzene rings is 6. The topological polar surface area (TPSA) is 262 Å². The summed E-state index contributed by atoms with van der Waals surface area (Å²) in [6.45, 7) is 1.50. The summed E-state index contributed by atoms with van der Waals surface area (Å²) in [7, 11) is 0. The van der Waals surface area contributed by atoms with Crippen LogP contribution in [0.3, 0.4) is 0 Å². The van der Waals surface area contributed by atoms with Gasteiger partial charge >= 0.3 is 17.9 Å². The number of hydrogen-bond acceptors (Lipinski definition) is 16. The van der Waals surface area contributed by atoms with Crippen molar-refractivity contribution in [2.24, 2.45) is 0 Å². The maximum absolute atomic E-state index is 13.8. The Bertz CT molecular complexity index is 4800. The molecule has 6 aromatic carbocycles. The molecule has 13 aromatic rings. The molecule has 0 amide bonds. The zero-order valence-electron chi connectivity index (χ0n) is 44.5. The first kappa shape index (κ1) is 53.6. The fraction of sp³-hybridized carbons (Fsp3) is 0.0794. The number of carbonyl (C=O) groups is 3. The third-order valence-electron chi connectivity index (χ3n) is 14.2. The minimum atomic E-state index is -1.21. The van der Waals surface area contributed by atoms with Gasteiger partial charge in [0.1, 0.15) is 58.0 Å². The van der Waals surface area contributed by atoms with Crippen LogP contribution in [0.5, 0.6) is 5.75 Å². The van der Waals surface area contributed by atoms with Gasteiger partial charge in [0, 0.05) is 54.4 Å². The van der Waals surface area contributed by atoms with Crippen LogP contribution in [0.25, 0.3) is 84.4 Å². The van der Waals surface area contributed by atoms with Gasteiger partial charge in [-0.1, -0.05) is 48.5 Å².